The van der Waals surface area contributed by atoms with Gasteiger partial charge in [0.15, 0.2) is 0 Å². The number of nitrogen functional groups attached to an aromatic ring is 1. The van der Waals surface area contributed by atoms with Gasteiger partial charge in [0.1, 0.15) is 0 Å². The molecular weight excluding hydrogens is 228 g/mol. The van der Waals surface area contributed by atoms with Crippen LogP contribution >= 0.6 is 0 Å². The highest BCUT2D eigenvalue weighted by molar-refractivity contribution is 5.77. The molecular formula is C14H22N2O2. The third-order valence-electron chi connectivity index (χ3n) is 2.87. The number of carbonyl (C=O) groups excluding carboxylic acids is 1. The number of rotatable bonds is 5. The number of amides is 1. The van der Waals surface area contributed by atoms with Crippen LogP contribution in [0.3, 0.4) is 0 Å². The molecule has 0 aromatic heterocycles. The third kappa shape index (κ3) is 4.37. The molecule has 100 valence electrons. The van der Waals surface area contributed by atoms with Crippen LogP contribution in [-0.2, 0) is 4.79 Å². The molecule has 0 aliphatic rings. The predicted molar refractivity (Wildman–Crippen MR) is 73.2 cm³/mol. The standard InChI is InChI=1S/C14H22N2O2/c1-10(11-4-6-12(15)7-5-11)8-13(18)16-14(2,3)9-17/h4-7,10,17H,8-9,15H2,1-3H3,(H,16,18). The zero-order chi connectivity index (χ0) is 13.8. The molecule has 0 aliphatic heterocycles. The normalized spacial score (nSPS) is 13.1. The van der Waals surface area contributed by atoms with E-state index in [-0.39, 0.29) is 18.4 Å². The number of hydrogen-bond acceptors (Lipinski definition) is 3. The Morgan fingerprint density at radius 2 is 1.94 bits per heavy atom. The Balaban J connectivity index is 2.57. The maximum atomic E-state index is 11.8. The lowest BCUT2D eigenvalue weighted by atomic mass is 9.96. The minimum absolute atomic E-state index is 0.0571. The van der Waals surface area contributed by atoms with Gasteiger partial charge in [0, 0.05) is 12.1 Å². The lowest BCUT2D eigenvalue weighted by Crippen LogP contribution is -2.46. The van der Waals surface area contributed by atoms with Crippen LogP contribution in [0, 0.1) is 0 Å². The van der Waals surface area contributed by atoms with Crippen molar-refractivity contribution in [3.8, 4) is 0 Å². The van der Waals surface area contributed by atoms with E-state index in [0.29, 0.717) is 6.42 Å². The molecule has 18 heavy (non-hydrogen) atoms. The summed E-state index contributed by atoms with van der Waals surface area (Å²) in [4.78, 5) is 11.8. The van der Waals surface area contributed by atoms with Crippen LogP contribution in [0.25, 0.3) is 0 Å². The van der Waals surface area contributed by atoms with Gasteiger partial charge in [-0.2, -0.15) is 0 Å². The van der Waals surface area contributed by atoms with Crippen molar-refractivity contribution in [2.75, 3.05) is 12.3 Å². The molecule has 1 amide bonds. The van der Waals surface area contributed by atoms with Crippen LogP contribution in [0.1, 0.15) is 38.7 Å². The van der Waals surface area contributed by atoms with E-state index < -0.39 is 5.54 Å². The smallest absolute Gasteiger partial charge is 0.221 e. The van der Waals surface area contributed by atoms with Gasteiger partial charge in [-0.05, 0) is 37.5 Å². The number of carbonyl (C=O) groups is 1. The summed E-state index contributed by atoms with van der Waals surface area (Å²) in [5, 5.41) is 11.9. The van der Waals surface area contributed by atoms with Gasteiger partial charge in [-0.15, -0.1) is 0 Å². The molecule has 1 rings (SSSR count). The van der Waals surface area contributed by atoms with Gasteiger partial charge >= 0.3 is 0 Å². The first-order chi connectivity index (χ1) is 8.34. The molecule has 0 saturated heterocycles. The van der Waals surface area contributed by atoms with Gasteiger partial charge < -0.3 is 16.2 Å². The first kappa shape index (κ1) is 14.5. The molecule has 1 unspecified atom stereocenters. The molecule has 0 fully saturated rings. The molecule has 0 heterocycles. The van der Waals surface area contributed by atoms with E-state index in [2.05, 4.69) is 5.32 Å². The van der Waals surface area contributed by atoms with Crippen LogP contribution in [0.15, 0.2) is 24.3 Å². The third-order valence-corrected chi connectivity index (χ3v) is 2.87. The van der Waals surface area contributed by atoms with Crippen molar-refractivity contribution in [2.45, 2.75) is 38.6 Å². The number of hydrogen-bond donors (Lipinski definition) is 3. The summed E-state index contributed by atoms with van der Waals surface area (Å²) < 4.78 is 0. The topological polar surface area (TPSA) is 75.3 Å². The maximum Gasteiger partial charge on any atom is 0.221 e. The zero-order valence-corrected chi connectivity index (χ0v) is 11.2. The molecule has 4 nitrogen and oxygen atoms in total. The van der Waals surface area contributed by atoms with Crippen LogP contribution in [-0.4, -0.2) is 23.2 Å². The largest absolute Gasteiger partial charge is 0.399 e. The summed E-state index contributed by atoms with van der Waals surface area (Å²) >= 11 is 0. The summed E-state index contributed by atoms with van der Waals surface area (Å²) in [6.45, 7) is 5.50. The lowest BCUT2D eigenvalue weighted by molar-refractivity contribution is -0.123. The van der Waals surface area contributed by atoms with Crippen molar-refractivity contribution in [1.82, 2.24) is 5.32 Å². The first-order valence-electron chi connectivity index (χ1n) is 6.11. The second-order valence-electron chi connectivity index (χ2n) is 5.36. The van der Waals surface area contributed by atoms with Gasteiger partial charge in [-0.3, -0.25) is 4.79 Å². The highest BCUT2D eigenvalue weighted by Gasteiger charge is 2.20. The Bertz CT molecular complexity index is 399. The number of anilines is 1. The van der Waals surface area contributed by atoms with Crippen molar-refractivity contribution in [3.05, 3.63) is 29.8 Å². The zero-order valence-electron chi connectivity index (χ0n) is 11.2. The Morgan fingerprint density at radius 3 is 2.44 bits per heavy atom. The SMILES string of the molecule is CC(CC(=O)NC(C)(C)CO)c1ccc(N)cc1. The highest BCUT2D eigenvalue weighted by Crippen LogP contribution is 2.20. The van der Waals surface area contributed by atoms with Gasteiger partial charge in [-0.1, -0.05) is 19.1 Å². The molecule has 0 saturated carbocycles. The number of aliphatic hydroxyl groups excluding tert-OH is 1. The monoisotopic (exact) mass is 250 g/mol. The van der Waals surface area contributed by atoms with Gasteiger partial charge in [-0.25, -0.2) is 0 Å². The first-order valence-corrected chi connectivity index (χ1v) is 6.11. The second kappa shape index (κ2) is 5.87. The number of benzene rings is 1. The van der Waals surface area contributed by atoms with Crippen LogP contribution in [0.2, 0.25) is 0 Å². The summed E-state index contributed by atoms with van der Waals surface area (Å²) in [5.74, 6) is 0.0680. The molecule has 0 bridgehead atoms. The van der Waals surface area contributed by atoms with E-state index in [9.17, 15) is 4.79 Å². The van der Waals surface area contributed by atoms with Crippen molar-refractivity contribution >= 4 is 11.6 Å². The van der Waals surface area contributed by atoms with Gasteiger partial charge in [0.2, 0.25) is 5.91 Å². The Morgan fingerprint density at radius 1 is 1.39 bits per heavy atom. The van der Waals surface area contributed by atoms with Gasteiger partial charge in [0.05, 0.1) is 12.1 Å². The summed E-state index contributed by atoms with van der Waals surface area (Å²) in [6, 6.07) is 7.54. The fourth-order valence-electron chi connectivity index (χ4n) is 1.69. The summed E-state index contributed by atoms with van der Waals surface area (Å²) in [7, 11) is 0. The molecule has 4 N–H and O–H groups in total. The average Bonchev–Trinajstić information content (AvgIpc) is 2.29. The van der Waals surface area contributed by atoms with Crippen molar-refractivity contribution in [3.63, 3.8) is 0 Å². The molecule has 0 radical (unpaired) electrons. The Labute approximate surface area is 108 Å². The average molecular weight is 250 g/mol. The lowest BCUT2D eigenvalue weighted by Gasteiger charge is -2.24. The van der Waals surface area contributed by atoms with E-state index in [4.69, 9.17) is 10.8 Å². The second-order valence-corrected chi connectivity index (χ2v) is 5.36. The highest BCUT2D eigenvalue weighted by atomic mass is 16.3. The Hall–Kier alpha value is -1.55. The summed E-state index contributed by atoms with van der Waals surface area (Å²) in [5.41, 5.74) is 6.85. The number of aliphatic hydroxyl groups is 1. The van der Waals surface area contributed by atoms with Crippen LogP contribution < -0.4 is 11.1 Å². The molecule has 0 aliphatic carbocycles. The molecule has 4 heteroatoms. The van der Waals surface area contributed by atoms with Crippen molar-refractivity contribution in [2.24, 2.45) is 0 Å². The van der Waals surface area contributed by atoms with E-state index in [0.717, 1.165) is 11.3 Å². The Kier molecular flexibility index (Phi) is 4.73. The van der Waals surface area contributed by atoms with Crippen LogP contribution in [0.4, 0.5) is 5.69 Å². The van der Waals surface area contributed by atoms with Gasteiger partial charge in [0.25, 0.3) is 0 Å². The molecule has 1 aromatic carbocycles. The van der Waals surface area contributed by atoms with Crippen molar-refractivity contribution in [1.29, 1.82) is 0 Å². The number of nitrogens with one attached hydrogen (secondary N) is 1. The van der Waals surface area contributed by atoms with E-state index in [1.165, 1.54) is 0 Å². The fourth-order valence-corrected chi connectivity index (χ4v) is 1.69. The molecule has 1 aromatic rings. The van der Waals surface area contributed by atoms with E-state index in [1.807, 2.05) is 31.2 Å². The van der Waals surface area contributed by atoms with Crippen LogP contribution in [0.5, 0.6) is 0 Å². The molecule has 0 spiro atoms. The minimum atomic E-state index is -0.572. The van der Waals surface area contributed by atoms with E-state index >= 15 is 0 Å². The maximum absolute atomic E-state index is 11.8. The molecule has 1 atom stereocenters. The van der Waals surface area contributed by atoms with Crippen molar-refractivity contribution < 1.29 is 9.90 Å². The summed E-state index contributed by atoms with van der Waals surface area (Å²) in [6.07, 6.45) is 0.396. The minimum Gasteiger partial charge on any atom is -0.399 e. The quantitative estimate of drug-likeness (QED) is 0.695. The number of nitrogens with two attached hydrogens (primary N) is 1. The fraction of sp³-hybridized carbons (Fsp3) is 0.500. The van der Waals surface area contributed by atoms with E-state index in [1.54, 1.807) is 13.8 Å². The predicted octanol–water partition coefficient (Wildman–Crippen LogP) is 1.65.